The molecule has 0 aliphatic carbocycles. The van der Waals surface area contributed by atoms with E-state index in [0.29, 0.717) is 0 Å². The molecule has 0 bridgehead atoms. The number of benzene rings is 3. The van der Waals surface area contributed by atoms with Gasteiger partial charge in [-0.2, -0.15) is 4.98 Å². The highest BCUT2D eigenvalue weighted by Crippen LogP contribution is 2.32. The van der Waals surface area contributed by atoms with Gasteiger partial charge in [0.2, 0.25) is 11.9 Å². The van der Waals surface area contributed by atoms with Gasteiger partial charge >= 0.3 is 0 Å². The van der Waals surface area contributed by atoms with Gasteiger partial charge in [0, 0.05) is 0 Å². The molecule has 6 heteroatoms. The number of anilines is 2. The summed E-state index contributed by atoms with van der Waals surface area (Å²) in [4.78, 5) is 10.5. The van der Waals surface area contributed by atoms with Crippen molar-refractivity contribution in [1.82, 2.24) is 15.0 Å². The van der Waals surface area contributed by atoms with Gasteiger partial charge in [-0.25, -0.2) is 9.97 Å². The molecule has 134 valence electrons. The van der Waals surface area contributed by atoms with Crippen LogP contribution < -0.4 is 27.4 Å². The Bertz CT molecular complexity index is 838. The second-order valence-corrected chi connectivity index (χ2v) is 7.76. The third kappa shape index (κ3) is 5.33. The van der Waals surface area contributed by atoms with Gasteiger partial charge in [-0.1, -0.05) is 91.0 Å². The molecule has 0 spiro atoms. The topological polar surface area (TPSA) is 90.7 Å². The Morgan fingerprint density at radius 1 is 0.519 bits per heavy atom. The SMILES string of the molecule is Nc1ncnc(N)n1.c1ccc(P(c2ccccc2)c2ccccc2)cc1. The molecule has 0 aliphatic rings. The maximum absolute atomic E-state index is 5.12. The predicted molar refractivity (Wildman–Crippen MR) is 114 cm³/mol. The fourth-order valence-corrected chi connectivity index (χ4v) is 4.81. The Labute approximate surface area is 159 Å². The zero-order valence-corrected chi connectivity index (χ0v) is 15.6. The van der Waals surface area contributed by atoms with Crippen LogP contribution in [-0.2, 0) is 0 Å². The lowest BCUT2D eigenvalue weighted by molar-refractivity contribution is 1.08. The van der Waals surface area contributed by atoms with E-state index in [1.165, 1.54) is 22.2 Å². The van der Waals surface area contributed by atoms with Crippen molar-refractivity contribution >= 4 is 35.7 Å². The van der Waals surface area contributed by atoms with Crippen molar-refractivity contribution in [3.8, 4) is 0 Å². The lowest BCUT2D eigenvalue weighted by Crippen LogP contribution is -2.20. The maximum Gasteiger partial charge on any atom is 0.224 e. The van der Waals surface area contributed by atoms with Gasteiger partial charge in [-0.15, -0.1) is 0 Å². The quantitative estimate of drug-likeness (QED) is 0.539. The normalized spacial score (nSPS) is 10.1. The molecule has 4 N–H and O–H groups in total. The van der Waals surface area contributed by atoms with Gasteiger partial charge in [0.05, 0.1) is 0 Å². The minimum Gasteiger partial charge on any atom is -0.368 e. The molecule has 0 fully saturated rings. The molecule has 0 saturated heterocycles. The minimum absolute atomic E-state index is 0.150. The average molecular weight is 373 g/mol. The van der Waals surface area contributed by atoms with Crippen molar-refractivity contribution in [2.75, 3.05) is 11.5 Å². The number of rotatable bonds is 3. The van der Waals surface area contributed by atoms with Gasteiger partial charge in [-0.05, 0) is 23.8 Å². The third-order valence-corrected chi connectivity index (χ3v) is 6.10. The Hall–Kier alpha value is -3.30. The summed E-state index contributed by atoms with van der Waals surface area (Å²) in [5.74, 6) is 0.301. The number of hydrogen-bond acceptors (Lipinski definition) is 5. The molecule has 0 aliphatic heterocycles. The molecule has 1 aromatic heterocycles. The number of nitrogens with two attached hydrogens (primary N) is 2. The van der Waals surface area contributed by atoms with E-state index in [4.69, 9.17) is 11.5 Å². The molecule has 0 amide bonds. The van der Waals surface area contributed by atoms with Crippen LogP contribution >= 0.6 is 7.92 Å². The molecule has 4 rings (SSSR count). The summed E-state index contributed by atoms with van der Waals surface area (Å²) in [7, 11) is -0.446. The third-order valence-electron chi connectivity index (χ3n) is 3.65. The van der Waals surface area contributed by atoms with Crippen LogP contribution in [0.4, 0.5) is 11.9 Å². The lowest BCUT2D eigenvalue weighted by atomic mass is 10.4. The van der Waals surface area contributed by atoms with E-state index in [2.05, 4.69) is 106 Å². The average Bonchev–Trinajstić information content (AvgIpc) is 2.71. The van der Waals surface area contributed by atoms with Gasteiger partial charge in [0.15, 0.2) is 0 Å². The van der Waals surface area contributed by atoms with Crippen LogP contribution in [0.1, 0.15) is 0 Å². The van der Waals surface area contributed by atoms with E-state index in [9.17, 15) is 0 Å². The Morgan fingerprint density at radius 2 is 0.852 bits per heavy atom. The maximum atomic E-state index is 5.12. The number of hydrogen-bond donors (Lipinski definition) is 2. The van der Waals surface area contributed by atoms with Crippen LogP contribution in [0.2, 0.25) is 0 Å². The minimum atomic E-state index is -0.446. The first-order valence-electron chi connectivity index (χ1n) is 8.39. The summed E-state index contributed by atoms with van der Waals surface area (Å²) in [6.07, 6.45) is 1.26. The Morgan fingerprint density at radius 3 is 1.11 bits per heavy atom. The first-order chi connectivity index (χ1) is 13.2. The van der Waals surface area contributed by atoms with E-state index in [-0.39, 0.29) is 11.9 Å². The largest absolute Gasteiger partial charge is 0.368 e. The zero-order chi connectivity index (χ0) is 18.9. The molecule has 0 radical (unpaired) electrons. The van der Waals surface area contributed by atoms with Crippen LogP contribution in [0.3, 0.4) is 0 Å². The first kappa shape index (κ1) is 18.5. The molecule has 27 heavy (non-hydrogen) atoms. The Kier molecular flexibility index (Phi) is 6.45. The summed E-state index contributed by atoms with van der Waals surface area (Å²) in [6, 6.07) is 32.3. The van der Waals surface area contributed by atoms with E-state index in [1.54, 1.807) is 0 Å². The first-order valence-corrected chi connectivity index (χ1v) is 9.73. The van der Waals surface area contributed by atoms with Crippen molar-refractivity contribution < 1.29 is 0 Å². The van der Waals surface area contributed by atoms with Gasteiger partial charge < -0.3 is 11.5 Å². The molecule has 1 heterocycles. The van der Waals surface area contributed by atoms with Crippen LogP contribution in [0.15, 0.2) is 97.3 Å². The van der Waals surface area contributed by atoms with Crippen molar-refractivity contribution in [3.05, 3.63) is 97.3 Å². The standard InChI is InChI=1S/C18H15P.C3H5N5/c1-4-10-16(11-5-1)19(17-12-6-2-7-13-17)18-14-8-3-9-15-18;4-2-6-1-7-3(5)8-2/h1-15H;1H,(H4,4,5,6,7,8). The van der Waals surface area contributed by atoms with E-state index < -0.39 is 7.92 Å². The number of nitrogen functional groups attached to an aromatic ring is 2. The van der Waals surface area contributed by atoms with Crippen molar-refractivity contribution in [2.24, 2.45) is 0 Å². The molecule has 0 saturated carbocycles. The van der Waals surface area contributed by atoms with Crippen molar-refractivity contribution in [1.29, 1.82) is 0 Å². The Balaban J connectivity index is 0.000000221. The summed E-state index contributed by atoms with van der Waals surface area (Å²) in [5, 5.41) is 4.19. The van der Waals surface area contributed by atoms with Crippen molar-refractivity contribution in [3.63, 3.8) is 0 Å². The highest BCUT2D eigenvalue weighted by molar-refractivity contribution is 7.79. The van der Waals surface area contributed by atoms with E-state index >= 15 is 0 Å². The van der Waals surface area contributed by atoms with E-state index in [0.717, 1.165) is 0 Å². The lowest BCUT2D eigenvalue weighted by Gasteiger charge is -2.18. The van der Waals surface area contributed by atoms with Crippen LogP contribution in [-0.4, -0.2) is 15.0 Å². The number of aromatic nitrogens is 3. The molecular weight excluding hydrogens is 353 g/mol. The highest BCUT2D eigenvalue weighted by Gasteiger charge is 2.14. The van der Waals surface area contributed by atoms with E-state index in [1.807, 2.05) is 0 Å². The van der Waals surface area contributed by atoms with Crippen LogP contribution in [0.5, 0.6) is 0 Å². The molecular formula is C21H20N5P. The summed E-state index contributed by atoms with van der Waals surface area (Å²) < 4.78 is 0. The second-order valence-electron chi connectivity index (χ2n) is 5.54. The smallest absolute Gasteiger partial charge is 0.224 e. The monoisotopic (exact) mass is 373 g/mol. The van der Waals surface area contributed by atoms with Crippen LogP contribution in [0, 0.1) is 0 Å². The van der Waals surface area contributed by atoms with Gasteiger partial charge in [0.1, 0.15) is 6.33 Å². The van der Waals surface area contributed by atoms with Gasteiger partial charge in [-0.3, -0.25) is 0 Å². The summed E-state index contributed by atoms with van der Waals surface area (Å²) in [6.45, 7) is 0. The fourth-order valence-electron chi connectivity index (χ4n) is 2.50. The highest BCUT2D eigenvalue weighted by atomic mass is 31.1. The molecule has 4 aromatic rings. The molecule has 0 unspecified atom stereocenters. The summed E-state index contributed by atoms with van der Waals surface area (Å²) in [5.41, 5.74) is 10.2. The predicted octanol–water partition coefficient (Wildman–Crippen LogP) is 2.48. The van der Waals surface area contributed by atoms with Crippen LogP contribution in [0.25, 0.3) is 0 Å². The fraction of sp³-hybridized carbons (Fsp3) is 0. The number of nitrogens with zero attached hydrogens (tertiary/aromatic N) is 3. The molecule has 0 atom stereocenters. The second kappa shape index (κ2) is 9.41. The zero-order valence-electron chi connectivity index (χ0n) is 14.7. The molecule has 3 aromatic carbocycles. The van der Waals surface area contributed by atoms with Crippen molar-refractivity contribution in [2.45, 2.75) is 0 Å². The molecule has 5 nitrogen and oxygen atoms in total. The van der Waals surface area contributed by atoms with Gasteiger partial charge in [0.25, 0.3) is 0 Å². The summed E-state index contributed by atoms with van der Waals surface area (Å²) >= 11 is 0.